The summed E-state index contributed by atoms with van der Waals surface area (Å²) in [5, 5.41) is 20.4. The fraction of sp³-hybridized carbons (Fsp3) is 0.466. The number of aliphatic hydroxyl groups is 1. The molecule has 10 rings (SSSR count). The summed E-state index contributed by atoms with van der Waals surface area (Å²) in [6.45, 7) is 19.6. The van der Waals surface area contributed by atoms with Gasteiger partial charge >= 0.3 is 5.51 Å². The van der Waals surface area contributed by atoms with Gasteiger partial charge in [0.15, 0.2) is 0 Å². The Kier molecular flexibility index (Phi) is 24.7. The number of aliphatic hydroxyl groups excluding tert-OH is 1. The average Bonchev–Trinajstić information content (AvgIpc) is 0.934. The monoisotopic (exact) mass is 1470 g/mol. The van der Waals surface area contributed by atoms with Crippen LogP contribution in [0, 0.1) is 17.8 Å². The number of aryl methyl sites for hydroxylation is 1. The Bertz CT molecular complexity index is 4110. The van der Waals surface area contributed by atoms with E-state index in [1.165, 1.54) is 45.5 Å². The van der Waals surface area contributed by atoms with Crippen molar-refractivity contribution in [2.45, 2.75) is 137 Å². The van der Waals surface area contributed by atoms with Crippen LogP contribution in [-0.4, -0.2) is 184 Å². The topological polar surface area (TPSA) is 234 Å². The van der Waals surface area contributed by atoms with Crippen LogP contribution in [0.25, 0.3) is 16.0 Å². The Morgan fingerprint density at radius 2 is 1.46 bits per heavy atom. The predicted octanol–water partition coefficient (Wildman–Crippen LogP) is 11.1. The molecule has 27 heteroatoms. The smallest absolute Gasteiger partial charge is 0.391 e. The number of piperazine rings is 2. The van der Waals surface area contributed by atoms with E-state index in [2.05, 4.69) is 66.5 Å². The number of anilines is 2. The van der Waals surface area contributed by atoms with E-state index >= 15 is 0 Å². The molecule has 6 aromatic rings. The number of aromatic nitrogens is 1. The lowest BCUT2D eigenvalue weighted by molar-refractivity contribution is -0.144. The molecule has 1 aromatic heterocycles. The molecule has 0 bridgehead atoms. The lowest BCUT2D eigenvalue weighted by Gasteiger charge is -2.39. The van der Waals surface area contributed by atoms with Gasteiger partial charge in [-0.15, -0.1) is 23.1 Å². The molecule has 4 heterocycles. The zero-order valence-electron chi connectivity index (χ0n) is 57.3. The number of hydrogen-bond acceptors (Lipinski definition) is 17. The molecule has 0 spiro atoms. The number of β-amino-alcohol motifs (C(OH)–C–C–N with tert-alkyl or cyclic N) is 1. The van der Waals surface area contributed by atoms with Gasteiger partial charge in [0.25, 0.3) is 25.8 Å². The molecule has 100 heavy (non-hydrogen) atoms. The number of alkyl halides is 3. The lowest BCUT2D eigenvalue weighted by atomic mass is 9.73. The number of sulfone groups is 1. The third-order valence-corrected chi connectivity index (χ3v) is 24.4. The number of halogens is 4. The van der Waals surface area contributed by atoms with Gasteiger partial charge in [0, 0.05) is 124 Å². The summed E-state index contributed by atoms with van der Waals surface area (Å²) in [6, 6.07) is 31.3. The van der Waals surface area contributed by atoms with Gasteiger partial charge in [-0.05, 0) is 145 Å². The van der Waals surface area contributed by atoms with Gasteiger partial charge in [0.05, 0.1) is 32.8 Å². The molecule has 4 amide bonds. The van der Waals surface area contributed by atoms with Crippen LogP contribution in [0.4, 0.5) is 24.5 Å². The largest absolute Gasteiger partial charge is 0.501 e. The van der Waals surface area contributed by atoms with Crippen molar-refractivity contribution in [2.24, 2.45) is 10.8 Å². The highest BCUT2D eigenvalue weighted by atomic mass is 35.5. The maximum absolute atomic E-state index is 14.6. The van der Waals surface area contributed by atoms with Crippen LogP contribution >= 0.6 is 34.7 Å². The van der Waals surface area contributed by atoms with Crippen molar-refractivity contribution >= 4 is 95.1 Å². The number of benzene rings is 5. The van der Waals surface area contributed by atoms with Crippen LogP contribution in [0.1, 0.15) is 107 Å². The highest BCUT2D eigenvalue weighted by Gasteiger charge is 2.49. The van der Waals surface area contributed by atoms with Crippen LogP contribution in [0.2, 0.25) is 5.02 Å². The minimum absolute atomic E-state index is 0.0344. The average molecular weight is 1470 g/mol. The van der Waals surface area contributed by atoms with Crippen LogP contribution in [-0.2, 0) is 40.8 Å². The summed E-state index contributed by atoms with van der Waals surface area (Å²) in [5.41, 5.74) is 2.59. The second-order valence-corrected chi connectivity index (χ2v) is 34.2. The summed E-state index contributed by atoms with van der Waals surface area (Å²) in [6.07, 6.45) is 3.17. The summed E-state index contributed by atoms with van der Waals surface area (Å²) < 4.78 is 100. The Morgan fingerprint density at radius 3 is 2.10 bits per heavy atom. The Morgan fingerprint density at radius 1 is 0.810 bits per heavy atom. The number of nitrogens with zero attached hydrogens (tertiary/aromatic N) is 6. The summed E-state index contributed by atoms with van der Waals surface area (Å²) >= 11 is 9.19. The van der Waals surface area contributed by atoms with Crippen molar-refractivity contribution in [3.05, 3.63) is 160 Å². The number of nitrogens with one attached hydrogen (secondary N) is 4. The van der Waals surface area contributed by atoms with Crippen molar-refractivity contribution in [3.8, 4) is 10.4 Å². The summed E-state index contributed by atoms with van der Waals surface area (Å²) in [5.74, 6) is -1.96. The minimum atomic E-state index is -6.17. The van der Waals surface area contributed by atoms with Crippen molar-refractivity contribution in [1.29, 1.82) is 0 Å². The first-order chi connectivity index (χ1) is 47.4. The quantitative estimate of drug-likeness (QED) is 0.0318. The molecule has 538 valence electrons. The van der Waals surface area contributed by atoms with Gasteiger partial charge in [-0.25, -0.2) is 26.5 Å². The van der Waals surface area contributed by atoms with Gasteiger partial charge in [0.1, 0.15) is 17.0 Å². The number of thioether (sulfide) groups is 1. The van der Waals surface area contributed by atoms with Gasteiger partial charge in [-0.1, -0.05) is 106 Å². The molecule has 5 aromatic carbocycles. The molecular formula is C73H90ClF3N10O9S4. The summed E-state index contributed by atoms with van der Waals surface area (Å²) in [4.78, 5) is 69.6. The molecule has 3 saturated heterocycles. The first-order valence-electron chi connectivity index (χ1n) is 33.9. The maximum atomic E-state index is 14.6. The number of rotatable bonds is 26. The number of carbonyl (C=O) groups excluding carboxylic acids is 4. The van der Waals surface area contributed by atoms with Crippen LogP contribution < -0.4 is 25.6 Å². The first kappa shape index (κ1) is 75.8. The summed E-state index contributed by atoms with van der Waals surface area (Å²) in [7, 11) is -11.1. The normalized spacial score (nSPS) is 18.9. The molecule has 0 radical (unpaired) electrons. The molecule has 4 atom stereocenters. The number of carbonyl (C=O) groups is 4. The fourth-order valence-corrected chi connectivity index (χ4v) is 17.3. The van der Waals surface area contributed by atoms with E-state index in [0.29, 0.717) is 76.3 Å². The molecule has 19 nitrogen and oxygen atoms in total. The highest BCUT2D eigenvalue weighted by Crippen LogP contribution is 2.43. The zero-order chi connectivity index (χ0) is 71.7. The van der Waals surface area contributed by atoms with Crippen molar-refractivity contribution in [3.63, 3.8) is 0 Å². The van der Waals surface area contributed by atoms with Gasteiger partial charge in [0.2, 0.25) is 17.7 Å². The van der Waals surface area contributed by atoms with E-state index in [4.69, 9.17) is 11.6 Å². The second kappa shape index (κ2) is 32.6. The molecule has 0 saturated carbocycles. The van der Waals surface area contributed by atoms with Crippen LogP contribution in [0.3, 0.4) is 0 Å². The highest BCUT2D eigenvalue weighted by molar-refractivity contribution is 7.99. The molecule has 3 fully saturated rings. The Hall–Kier alpha value is -6.88. The van der Waals surface area contributed by atoms with E-state index in [-0.39, 0.29) is 48.6 Å². The standard InChI is InChI=1S/C73H90ClF3N10O9S4/c1-49-66(98-48-79-49)52-16-14-50(15-17-52)44-78-69(91)63-41-58(88)46-87(63)70(92)67(71(2,3)4)81-65(89)13-10-31-83-33-35-84(36-34-83)32-29-56(47-97-59-11-8-7-9-12-59)80-62-27-26-60(42-64(62)99(93,94)73(75,76)77)100(95,96)82-68(90)53-20-24-57(25-21-53)86-39-37-85(38-40-86)45-54-43-72(5,6)30-28-61(54)51-18-22-55(74)23-19-51/h7-9,11-12,14-27,42,48,56,58,63,67,80,88H,10,13,28-41,43-47H2,1-6H3,(H,78,91)(H,81,89)(H,82,90)/t56-,58-,63+,67-/m1/s1. The fourth-order valence-electron chi connectivity index (χ4n) is 13.4. The molecule has 3 aliphatic heterocycles. The van der Waals surface area contributed by atoms with Gasteiger partial charge < -0.3 is 40.7 Å². The minimum Gasteiger partial charge on any atom is -0.391 e. The maximum Gasteiger partial charge on any atom is 0.501 e. The number of allylic oxidation sites excluding steroid dienone is 1. The van der Waals surface area contributed by atoms with Crippen molar-refractivity contribution in [1.82, 2.24) is 39.9 Å². The Labute approximate surface area is 598 Å². The number of sulfonamides is 1. The van der Waals surface area contributed by atoms with E-state index in [0.717, 1.165) is 83.3 Å². The number of hydrogen-bond donors (Lipinski definition) is 5. The number of likely N-dealkylation sites (tertiary alicyclic amines) is 1. The molecule has 4 aliphatic rings. The zero-order valence-corrected chi connectivity index (χ0v) is 61.3. The number of amides is 4. The SMILES string of the molecule is Cc1ncsc1-c1ccc(CNC(=O)[C@@H]2C[C@@H](O)CN2C(=O)[C@@H](NC(=O)CCCN2CCN(CC[C@H](CSc3ccccc3)Nc3ccc(S(=O)(=O)NC(=O)c4ccc(N5CCN(CC6=C(c7ccc(Cl)cc7)CCC(C)(C)C6)CC5)cc4)cc3S(=O)(=O)C(F)(F)F)CC2)C(C)(C)C)cc1. The van der Waals surface area contributed by atoms with Crippen molar-refractivity contribution in [2.75, 3.05) is 94.5 Å². The van der Waals surface area contributed by atoms with Crippen LogP contribution in [0.5, 0.6) is 0 Å². The second-order valence-electron chi connectivity index (χ2n) is 28.3. The molecule has 0 unspecified atom stereocenters. The van der Waals surface area contributed by atoms with E-state index in [1.54, 1.807) is 29.0 Å². The van der Waals surface area contributed by atoms with E-state index in [9.17, 15) is 54.3 Å². The van der Waals surface area contributed by atoms with E-state index in [1.807, 2.05) is 99.1 Å². The first-order valence-corrected chi connectivity index (χ1v) is 39.1. The third-order valence-electron chi connectivity index (χ3n) is 19.1. The van der Waals surface area contributed by atoms with Gasteiger partial charge in [-0.2, -0.15) is 13.2 Å². The predicted molar refractivity (Wildman–Crippen MR) is 388 cm³/mol. The Balaban J connectivity index is 0.714. The third kappa shape index (κ3) is 19.6. The van der Waals surface area contributed by atoms with Crippen molar-refractivity contribution < 1.29 is 54.3 Å². The molecule has 1 aliphatic carbocycles. The molecular weight excluding hydrogens is 1380 g/mol. The lowest BCUT2D eigenvalue weighted by Crippen LogP contribution is -2.57. The van der Waals surface area contributed by atoms with Crippen LogP contribution in [0.15, 0.2) is 147 Å². The van der Waals surface area contributed by atoms with Gasteiger partial charge in [-0.3, -0.25) is 24.1 Å². The van der Waals surface area contributed by atoms with E-state index < -0.39 is 88.2 Å². The number of thiazole rings is 1. The molecule has 5 N–H and O–H groups in total.